The van der Waals surface area contributed by atoms with Crippen LogP contribution in [0.2, 0.25) is 0 Å². The second-order valence-corrected chi connectivity index (χ2v) is 6.57. The standard InChI is InChI=1S/C21H24N2O4/c1-4-21(5-2)13-27-20(25)23-17-11-14(19(24)26-6-3)12-22-18(17)15-9-7-8-10-16(15)21/h7-12H,4-6,13H2,1-3H3,(H,23,25). The third kappa shape index (κ3) is 3.52. The maximum Gasteiger partial charge on any atom is 0.411 e. The molecule has 0 spiro atoms. The normalized spacial score (nSPS) is 15.1. The van der Waals surface area contributed by atoms with Gasteiger partial charge in [0.05, 0.1) is 23.6 Å². The molecule has 0 saturated heterocycles. The number of anilines is 1. The lowest BCUT2D eigenvalue weighted by Crippen LogP contribution is -2.32. The number of hydrogen-bond acceptors (Lipinski definition) is 5. The summed E-state index contributed by atoms with van der Waals surface area (Å²) >= 11 is 0. The number of carbonyl (C=O) groups excluding carboxylic acids is 2. The Balaban J connectivity index is 2.21. The van der Waals surface area contributed by atoms with Gasteiger partial charge in [-0.1, -0.05) is 38.1 Å². The van der Waals surface area contributed by atoms with Crippen molar-refractivity contribution in [2.45, 2.75) is 39.0 Å². The molecule has 2 aromatic rings. The van der Waals surface area contributed by atoms with Crippen molar-refractivity contribution in [3.05, 3.63) is 47.7 Å². The van der Waals surface area contributed by atoms with E-state index in [9.17, 15) is 9.59 Å². The average Bonchev–Trinajstić information content (AvgIpc) is 2.74. The first-order valence-electron chi connectivity index (χ1n) is 9.25. The highest BCUT2D eigenvalue weighted by Gasteiger charge is 2.34. The maximum atomic E-state index is 12.4. The van der Waals surface area contributed by atoms with Crippen molar-refractivity contribution < 1.29 is 19.1 Å². The Morgan fingerprint density at radius 3 is 2.70 bits per heavy atom. The summed E-state index contributed by atoms with van der Waals surface area (Å²) < 4.78 is 10.6. The van der Waals surface area contributed by atoms with Gasteiger partial charge in [-0.25, -0.2) is 9.59 Å². The molecule has 0 fully saturated rings. The number of pyridine rings is 1. The van der Waals surface area contributed by atoms with Gasteiger partial charge in [0.2, 0.25) is 0 Å². The van der Waals surface area contributed by atoms with Crippen molar-refractivity contribution in [2.75, 3.05) is 18.5 Å². The van der Waals surface area contributed by atoms with Gasteiger partial charge in [-0.05, 0) is 31.4 Å². The Kier molecular flexibility index (Phi) is 5.44. The number of aromatic nitrogens is 1. The minimum Gasteiger partial charge on any atom is -0.462 e. The van der Waals surface area contributed by atoms with Gasteiger partial charge in [0.15, 0.2) is 0 Å². The molecule has 1 N–H and O–H groups in total. The van der Waals surface area contributed by atoms with E-state index >= 15 is 0 Å². The van der Waals surface area contributed by atoms with Gasteiger partial charge < -0.3 is 9.47 Å². The molecular formula is C21H24N2O4. The van der Waals surface area contributed by atoms with Crippen LogP contribution in [0, 0.1) is 0 Å². The second kappa shape index (κ2) is 7.78. The van der Waals surface area contributed by atoms with Crippen molar-refractivity contribution in [3.8, 4) is 11.3 Å². The molecule has 27 heavy (non-hydrogen) atoms. The van der Waals surface area contributed by atoms with Crippen LogP contribution in [0.4, 0.5) is 10.5 Å². The molecule has 1 aromatic heterocycles. The van der Waals surface area contributed by atoms with E-state index in [2.05, 4.69) is 30.2 Å². The lowest BCUT2D eigenvalue weighted by molar-refractivity contribution is 0.0526. The van der Waals surface area contributed by atoms with Crippen LogP contribution in [0.1, 0.15) is 49.5 Å². The zero-order valence-corrected chi connectivity index (χ0v) is 15.9. The molecule has 142 valence electrons. The average molecular weight is 368 g/mol. The van der Waals surface area contributed by atoms with Crippen LogP contribution in [0.15, 0.2) is 36.5 Å². The minimum atomic E-state index is -0.557. The fourth-order valence-electron chi connectivity index (χ4n) is 3.52. The molecule has 0 aliphatic carbocycles. The van der Waals surface area contributed by atoms with Crippen LogP contribution < -0.4 is 5.32 Å². The van der Waals surface area contributed by atoms with Gasteiger partial charge >= 0.3 is 12.1 Å². The Hall–Kier alpha value is -2.89. The highest BCUT2D eigenvalue weighted by Crippen LogP contribution is 2.41. The van der Waals surface area contributed by atoms with E-state index in [0.717, 1.165) is 24.0 Å². The molecule has 2 heterocycles. The molecule has 1 aliphatic heterocycles. The molecule has 0 atom stereocenters. The Bertz CT molecular complexity index is 859. The number of benzene rings is 1. The fraction of sp³-hybridized carbons (Fsp3) is 0.381. The van der Waals surface area contributed by atoms with Crippen molar-refractivity contribution >= 4 is 17.7 Å². The summed E-state index contributed by atoms with van der Waals surface area (Å²) in [5, 5.41) is 2.74. The third-order valence-corrected chi connectivity index (χ3v) is 5.22. The van der Waals surface area contributed by atoms with Crippen LogP contribution in [0.5, 0.6) is 0 Å². The minimum absolute atomic E-state index is 0.268. The molecule has 0 saturated carbocycles. The third-order valence-electron chi connectivity index (χ3n) is 5.22. The van der Waals surface area contributed by atoms with Crippen LogP contribution in [-0.2, 0) is 14.9 Å². The van der Waals surface area contributed by atoms with Crippen molar-refractivity contribution in [3.63, 3.8) is 0 Å². The Morgan fingerprint density at radius 1 is 1.26 bits per heavy atom. The molecule has 3 rings (SSSR count). The van der Waals surface area contributed by atoms with E-state index in [0.29, 0.717) is 11.4 Å². The zero-order chi connectivity index (χ0) is 19.4. The maximum absolute atomic E-state index is 12.4. The lowest BCUT2D eigenvalue weighted by atomic mass is 9.74. The number of carbonyl (C=O) groups is 2. The van der Waals surface area contributed by atoms with Crippen LogP contribution in [-0.4, -0.2) is 30.3 Å². The molecule has 6 nitrogen and oxygen atoms in total. The molecule has 1 aliphatic rings. The van der Waals surface area contributed by atoms with Crippen molar-refractivity contribution in [2.24, 2.45) is 0 Å². The largest absolute Gasteiger partial charge is 0.462 e. The Labute approximate surface area is 158 Å². The molecule has 6 heteroatoms. The molecule has 0 unspecified atom stereocenters. The topological polar surface area (TPSA) is 77.5 Å². The van der Waals surface area contributed by atoms with Crippen LogP contribution in [0.25, 0.3) is 11.3 Å². The summed E-state index contributed by atoms with van der Waals surface area (Å²) in [5.74, 6) is -0.479. The highest BCUT2D eigenvalue weighted by atomic mass is 16.5. The zero-order valence-electron chi connectivity index (χ0n) is 15.9. The van der Waals surface area contributed by atoms with E-state index in [1.807, 2.05) is 18.2 Å². The summed E-state index contributed by atoms with van der Waals surface area (Å²) in [6, 6.07) is 9.57. The number of fused-ring (bicyclic) bond motifs is 3. The van der Waals surface area contributed by atoms with Gasteiger partial charge in [0, 0.05) is 17.2 Å². The highest BCUT2D eigenvalue weighted by molar-refractivity contribution is 5.96. The predicted molar refractivity (Wildman–Crippen MR) is 103 cm³/mol. The molecule has 0 radical (unpaired) electrons. The first-order chi connectivity index (χ1) is 13.0. The predicted octanol–water partition coefficient (Wildman–Crippen LogP) is 4.55. The van der Waals surface area contributed by atoms with Crippen LogP contribution in [0.3, 0.4) is 0 Å². The molecular weight excluding hydrogens is 344 g/mol. The van der Waals surface area contributed by atoms with E-state index in [1.165, 1.54) is 6.20 Å². The fourth-order valence-corrected chi connectivity index (χ4v) is 3.52. The number of esters is 1. The van der Waals surface area contributed by atoms with Crippen molar-refractivity contribution in [1.82, 2.24) is 4.98 Å². The van der Waals surface area contributed by atoms with E-state index in [4.69, 9.17) is 9.47 Å². The second-order valence-electron chi connectivity index (χ2n) is 6.57. The van der Waals surface area contributed by atoms with Gasteiger partial charge in [-0.2, -0.15) is 0 Å². The first-order valence-corrected chi connectivity index (χ1v) is 9.25. The smallest absolute Gasteiger partial charge is 0.411 e. The SMILES string of the molecule is CCOC(=O)c1cnc2c(c1)NC(=O)OCC(CC)(CC)c1ccccc1-2. The summed E-state index contributed by atoms with van der Waals surface area (Å²) in [6.07, 6.45) is 2.57. The number of amides is 1. The van der Waals surface area contributed by atoms with Gasteiger partial charge in [-0.15, -0.1) is 0 Å². The lowest BCUT2D eigenvalue weighted by Gasteiger charge is -2.32. The number of hydrogen-bond donors (Lipinski definition) is 1. The first kappa shape index (κ1) is 18.9. The van der Waals surface area contributed by atoms with E-state index in [-0.39, 0.29) is 24.2 Å². The molecule has 0 bridgehead atoms. The van der Waals surface area contributed by atoms with Crippen molar-refractivity contribution in [1.29, 1.82) is 0 Å². The number of cyclic esters (lactones) is 1. The monoisotopic (exact) mass is 368 g/mol. The summed E-state index contributed by atoms with van der Waals surface area (Å²) in [7, 11) is 0. The van der Waals surface area contributed by atoms with E-state index < -0.39 is 12.1 Å². The molecule has 1 aromatic carbocycles. The number of nitrogens with zero attached hydrogens (tertiary/aromatic N) is 1. The summed E-state index contributed by atoms with van der Waals surface area (Å²) in [6.45, 7) is 6.48. The molecule has 1 amide bonds. The number of ether oxygens (including phenoxy) is 2. The van der Waals surface area contributed by atoms with Gasteiger partial charge in [0.1, 0.15) is 6.61 Å². The van der Waals surface area contributed by atoms with Gasteiger partial charge in [0.25, 0.3) is 0 Å². The quantitative estimate of drug-likeness (QED) is 0.802. The Morgan fingerprint density at radius 2 is 2.00 bits per heavy atom. The summed E-state index contributed by atoms with van der Waals surface area (Å²) in [5.41, 5.74) is 3.05. The summed E-state index contributed by atoms with van der Waals surface area (Å²) in [4.78, 5) is 28.9. The number of rotatable bonds is 4. The van der Waals surface area contributed by atoms with E-state index in [1.54, 1.807) is 13.0 Å². The van der Waals surface area contributed by atoms with Crippen LogP contribution >= 0.6 is 0 Å². The van der Waals surface area contributed by atoms with Gasteiger partial charge in [-0.3, -0.25) is 10.3 Å². The number of nitrogens with one attached hydrogen (secondary N) is 1.